The van der Waals surface area contributed by atoms with Crippen LogP contribution in [-0.4, -0.2) is 64.6 Å². The molecular formula is C36H47N3O2S. The minimum atomic E-state index is -0.613. The number of hydrogen-bond acceptors (Lipinski definition) is 5. The number of likely N-dealkylation sites (tertiary alicyclic amines) is 2. The van der Waals surface area contributed by atoms with Gasteiger partial charge in [0.15, 0.2) is 0 Å². The second-order valence-electron chi connectivity index (χ2n) is 12.9. The Bertz CT molecular complexity index is 1280. The van der Waals surface area contributed by atoms with Gasteiger partial charge in [0.1, 0.15) is 6.04 Å². The molecular weight excluding hydrogens is 538 g/mol. The molecule has 5 nitrogen and oxygen atoms in total. The van der Waals surface area contributed by atoms with E-state index < -0.39 is 5.97 Å². The number of carbonyl (C=O) groups is 1. The maximum Gasteiger partial charge on any atom is 0.321 e. The van der Waals surface area contributed by atoms with E-state index in [1.54, 1.807) is 0 Å². The molecule has 3 aromatic rings. The van der Waals surface area contributed by atoms with Crippen molar-refractivity contribution in [1.29, 1.82) is 0 Å². The van der Waals surface area contributed by atoms with Gasteiger partial charge in [-0.15, -0.1) is 11.3 Å². The molecule has 3 heterocycles. The zero-order valence-electron chi connectivity index (χ0n) is 25.2. The van der Waals surface area contributed by atoms with Crippen LogP contribution in [0.1, 0.15) is 90.4 Å². The topological polar surface area (TPSA) is 56.7 Å². The molecule has 6 heteroatoms. The Balaban J connectivity index is 1.12. The summed E-state index contributed by atoms with van der Waals surface area (Å²) in [5.41, 5.74) is 4.01. The van der Waals surface area contributed by atoms with Crippen molar-refractivity contribution in [3.63, 3.8) is 0 Å². The zero-order chi connectivity index (χ0) is 28.9. The van der Waals surface area contributed by atoms with Crippen LogP contribution >= 0.6 is 11.3 Å². The molecule has 224 valence electrons. The Hall–Kier alpha value is -2.54. The van der Waals surface area contributed by atoms with E-state index in [1.165, 1.54) is 58.8 Å². The molecule has 2 aliphatic heterocycles. The van der Waals surface area contributed by atoms with Crippen LogP contribution in [0.3, 0.4) is 0 Å². The average molecular weight is 586 g/mol. The fraction of sp³-hybridized carbons (Fsp3) is 0.556. The van der Waals surface area contributed by atoms with Gasteiger partial charge in [-0.3, -0.25) is 9.69 Å². The van der Waals surface area contributed by atoms with Crippen LogP contribution in [0, 0.1) is 11.8 Å². The lowest BCUT2D eigenvalue weighted by Gasteiger charge is -2.35. The van der Waals surface area contributed by atoms with Crippen molar-refractivity contribution in [1.82, 2.24) is 14.8 Å². The van der Waals surface area contributed by atoms with E-state index in [9.17, 15) is 9.90 Å². The van der Waals surface area contributed by atoms with Crippen molar-refractivity contribution in [2.75, 3.05) is 32.7 Å². The molecule has 2 aromatic carbocycles. The van der Waals surface area contributed by atoms with Gasteiger partial charge in [-0.05, 0) is 74.1 Å². The molecule has 3 aliphatic rings. The highest BCUT2D eigenvalue weighted by molar-refractivity contribution is 7.11. The summed E-state index contributed by atoms with van der Waals surface area (Å²) in [5, 5.41) is 11.6. The van der Waals surface area contributed by atoms with E-state index in [0.29, 0.717) is 23.7 Å². The Morgan fingerprint density at radius 2 is 1.64 bits per heavy atom. The summed E-state index contributed by atoms with van der Waals surface area (Å²) >= 11 is 1.94. The summed E-state index contributed by atoms with van der Waals surface area (Å²) in [6.07, 6.45) is 10.0. The average Bonchev–Trinajstić information content (AvgIpc) is 3.63. The van der Waals surface area contributed by atoms with E-state index in [0.717, 1.165) is 58.4 Å². The number of thiazole rings is 1. The molecule has 6 rings (SSSR count). The third-order valence-corrected chi connectivity index (χ3v) is 11.5. The first kappa shape index (κ1) is 29.5. The van der Waals surface area contributed by atoms with Crippen LogP contribution in [0.15, 0.2) is 60.7 Å². The molecule has 0 radical (unpaired) electrons. The number of rotatable bonds is 10. The molecule has 1 N–H and O–H groups in total. The zero-order valence-corrected chi connectivity index (χ0v) is 26.0. The van der Waals surface area contributed by atoms with Gasteiger partial charge < -0.3 is 10.0 Å². The van der Waals surface area contributed by atoms with E-state index in [-0.39, 0.29) is 6.04 Å². The van der Waals surface area contributed by atoms with Gasteiger partial charge in [0.25, 0.3) is 0 Å². The summed E-state index contributed by atoms with van der Waals surface area (Å²) in [6, 6.07) is 21.3. The van der Waals surface area contributed by atoms with Gasteiger partial charge in [0.05, 0.1) is 10.7 Å². The highest BCUT2D eigenvalue weighted by Crippen LogP contribution is 2.40. The van der Waals surface area contributed by atoms with Crippen molar-refractivity contribution in [2.45, 2.75) is 82.6 Å². The first-order valence-corrected chi connectivity index (χ1v) is 17.2. The SMILES string of the molecule is CCc1nc(Cc2ccccc2)sc1C1CCN(C[C@H]2CN([C@@H](C(=O)O)C3CCCCC3)C[C@@H]2c2ccccc2)CC1. The monoisotopic (exact) mass is 585 g/mol. The van der Waals surface area contributed by atoms with E-state index >= 15 is 0 Å². The van der Waals surface area contributed by atoms with Crippen LogP contribution in [0.25, 0.3) is 0 Å². The third-order valence-electron chi connectivity index (χ3n) is 10.2. The van der Waals surface area contributed by atoms with E-state index in [2.05, 4.69) is 77.4 Å². The van der Waals surface area contributed by atoms with Crippen molar-refractivity contribution in [2.24, 2.45) is 11.8 Å². The molecule has 3 atom stereocenters. The van der Waals surface area contributed by atoms with Crippen molar-refractivity contribution < 1.29 is 9.90 Å². The number of carboxylic acids is 1. The summed E-state index contributed by atoms with van der Waals surface area (Å²) in [6.45, 7) is 7.29. The van der Waals surface area contributed by atoms with Crippen molar-refractivity contribution in [3.8, 4) is 0 Å². The lowest BCUT2D eigenvalue weighted by atomic mass is 9.83. The second kappa shape index (κ2) is 13.8. The molecule has 1 aromatic heterocycles. The summed E-state index contributed by atoms with van der Waals surface area (Å²) < 4.78 is 0. The van der Waals surface area contributed by atoms with Gasteiger partial charge in [-0.25, -0.2) is 4.98 Å². The molecule has 0 bridgehead atoms. The predicted octanol–water partition coefficient (Wildman–Crippen LogP) is 7.22. The van der Waals surface area contributed by atoms with Crippen LogP contribution in [0.5, 0.6) is 0 Å². The first-order valence-electron chi connectivity index (χ1n) is 16.4. The number of carboxylic acid groups (broad SMARTS) is 1. The fourth-order valence-corrected chi connectivity index (χ4v) is 9.40. The maximum absolute atomic E-state index is 12.6. The fourth-order valence-electron chi connectivity index (χ4n) is 8.04. The number of benzene rings is 2. The van der Waals surface area contributed by atoms with Gasteiger partial charge in [-0.2, -0.15) is 0 Å². The predicted molar refractivity (Wildman–Crippen MR) is 171 cm³/mol. The van der Waals surface area contributed by atoms with Crippen molar-refractivity contribution >= 4 is 17.3 Å². The molecule has 3 fully saturated rings. The first-order chi connectivity index (χ1) is 20.6. The highest BCUT2D eigenvalue weighted by Gasteiger charge is 2.43. The maximum atomic E-state index is 12.6. The summed E-state index contributed by atoms with van der Waals surface area (Å²) in [7, 11) is 0. The highest BCUT2D eigenvalue weighted by atomic mass is 32.1. The smallest absolute Gasteiger partial charge is 0.321 e. The van der Waals surface area contributed by atoms with Gasteiger partial charge in [-0.1, -0.05) is 86.8 Å². The van der Waals surface area contributed by atoms with Gasteiger partial charge >= 0.3 is 5.97 Å². The summed E-state index contributed by atoms with van der Waals surface area (Å²) in [4.78, 5) is 24.2. The number of nitrogens with zero attached hydrogens (tertiary/aromatic N) is 3. The summed E-state index contributed by atoms with van der Waals surface area (Å²) in [5.74, 6) is 1.13. The van der Waals surface area contributed by atoms with Crippen LogP contribution in [0.2, 0.25) is 0 Å². The lowest BCUT2D eigenvalue weighted by molar-refractivity contribution is -0.145. The number of piperidine rings is 1. The van der Waals surface area contributed by atoms with Gasteiger partial charge in [0, 0.05) is 36.9 Å². The Morgan fingerprint density at radius 3 is 2.31 bits per heavy atom. The molecule has 1 saturated carbocycles. The lowest BCUT2D eigenvalue weighted by Crippen LogP contribution is -2.46. The molecule has 2 saturated heterocycles. The van der Waals surface area contributed by atoms with E-state index in [1.807, 2.05) is 11.3 Å². The molecule has 42 heavy (non-hydrogen) atoms. The number of aliphatic carboxylic acids is 1. The molecule has 0 amide bonds. The number of aryl methyl sites for hydroxylation is 1. The molecule has 0 spiro atoms. The minimum absolute atomic E-state index is 0.293. The number of hydrogen-bond donors (Lipinski definition) is 1. The minimum Gasteiger partial charge on any atom is -0.480 e. The quantitative estimate of drug-likeness (QED) is 0.272. The third kappa shape index (κ3) is 6.82. The van der Waals surface area contributed by atoms with Crippen molar-refractivity contribution in [3.05, 3.63) is 87.4 Å². The van der Waals surface area contributed by atoms with Crippen LogP contribution in [-0.2, 0) is 17.6 Å². The van der Waals surface area contributed by atoms with E-state index in [4.69, 9.17) is 4.98 Å². The Morgan fingerprint density at radius 1 is 0.952 bits per heavy atom. The largest absolute Gasteiger partial charge is 0.480 e. The Kier molecular flexibility index (Phi) is 9.73. The van der Waals surface area contributed by atoms with Crippen LogP contribution < -0.4 is 0 Å². The van der Waals surface area contributed by atoms with Gasteiger partial charge in [0.2, 0.25) is 0 Å². The molecule has 1 aliphatic carbocycles. The second-order valence-corrected chi connectivity index (χ2v) is 14.0. The van der Waals surface area contributed by atoms with Crippen LogP contribution in [0.4, 0.5) is 0 Å². The standard InChI is InChI=1S/C36H47N3O2S/c1-2-32-35(42-33(37-32)22-26-12-6-3-7-13-26)29-18-20-38(21-19-29)23-30-24-39(25-31(30)27-14-8-4-9-15-27)34(36(40)41)28-16-10-5-11-17-28/h3-4,6-9,12-15,28-31,34H,2,5,10-11,16-25H2,1H3,(H,40,41)/t30-,31+,34+/m0/s1. The molecule has 0 unspecified atom stereocenters. The Labute approximate surface area is 256 Å². The normalized spacial score (nSPS) is 23.7. The number of aromatic nitrogens is 1.